The maximum atomic E-state index is 13.6. The summed E-state index contributed by atoms with van der Waals surface area (Å²) < 4.78 is 1.61. The Balaban J connectivity index is 1.79. The van der Waals surface area contributed by atoms with Crippen molar-refractivity contribution in [2.45, 2.75) is 37.6 Å². The lowest BCUT2D eigenvalue weighted by atomic mass is 10.1. The van der Waals surface area contributed by atoms with E-state index in [0.29, 0.717) is 22.6 Å². The highest BCUT2D eigenvalue weighted by Crippen LogP contribution is 2.29. The SMILES string of the molecule is Cc1ccc(C)c(-n2c(SC(C)C(=O)N(CCC#N)c3ccccc3)nc3ccccc3c2=O)c1. The third kappa shape index (κ3) is 5.13. The predicted octanol–water partition coefficient (Wildman–Crippen LogP) is 5.43. The Labute approximate surface area is 208 Å². The first-order chi connectivity index (χ1) is 16.9. The molecular weight excluding hydrogens is 456 g/mol. The molecule has 0 aliphatic rings. The van der Waals surface area contributed by atoms with Crippen LogP contribution in [-0.4, -0.2) is 27.3 Å². The molecule has 0 N–H and O–H groups in total. The van der Waals surface area contributed by atoms with Crippen molar-refractivity contribution < 1.29 is 4.79 Å². The number of carbonyl (C=O) groups excluding carboxylic acids is 1. The van der Waals surface area contributed by atoms with Gasteiger partial charge in [-0.15, -0.1) is 0 Å². The minimum absolute atomic E-state index is 0.147. The zero-order valence-electron chi connectivity index (χ0n) is 19.9. The van der Waals surface area contributed by atoms with Crippen LogP contribution in [0.1, 0.15) is 24.5 Å². The summed E-state index contributed by atoms with van der Waals surface area (Å²) in [5.41, 5.74) is 3.87. The highest BCUT2D eigenvalue weighted by Gasteiger charge is 2.25. The van der Waals surface area contributed by atoms with Gasteiger partial charge in [-0.3, -0.25) is 14.2 Å². The number of aromatic nitrogens is 2. The second-order valence-electron chi connectivity index (χ2n) is 8.34. The van der Waals surface area contributed by atoms with Gasteiger partial charge in [-0.05, 0) is 62.2 Å². The van der Waals surface area contributed by atoms with Crippen LogP contribution in [0.4, 0.5) is 5.69 Å². The number of nitrogens with zero attached hydrogens (tertiary/aromatic N) is 4. The van der Waals surface area contributed by atoms with Gasteiger partial charge in [0.1, 0.15) is 0 Å². The molecule has 1 amide bonds. The molecule has 1 heterocycles. The molecule has 4 aromatic rings. The van der Waals surface area contributed by atoms with E-state index >= 15 is 0 Å². The number of thioether (sulfide) groups is 1. The number of rotatable bonds is 7. The Morgan fingerprint density at radius 3 is 2.54 bits per heavy atom. The van der Waals surface area contributed by atoms with E-state index in [-0.39, 0.29) is 17.9 Å². The first-order valence-electron chi connectivity index (χ1n) is 11.4. The molecule has 0 aliphatic heterocycles. The molecule has 0 bridgehead atoms. The minimum Gasteiger partial charge on any atom is -0.310 e. The largest absolute Gasteiger partial charge is 0.310 e. The molecule has 0 saturated carbocycles. The third-order valence-corrected chi connectivity index (χ3v) is 6.80. The van der Waals surface area contributed by atoms with Crippen LogP contribution in [0.25, 0.3) is 16.6 Å². The molecule has 0 saturated heterocycles. The summed E-state index contributed by atoms with van der Waals surface area (Å²) in [6, 6.07) is 24.6. The number of para-hydroxylation sites is 2. The van der Waals surface area contributed by atoms with Gasteiger partial charge in [0.2, 0.25) is 5.91 Å². The summed E-state index contributed by atoms with van der Waals surface area (Å²) in [6.07, 6.45) is 0.222. The lowest BCUT2D eigenvalue weighted by molar-refractivity contribution is -0.117. The van der Waals surface area contributed by atoms with Crippen molar-refractivity contribution in [2.24, 2.45) is 0 Å². The quantitative estimate of drug-likeness (QED) is 0.259. The summed E-state index contributed by atoms with van der Waals surface area (Å²) in [7, 11) is 0. The van der Waals surface area contributed by atoms with Crippen molar-refractivity contribution in [1.82, 2.24) is 9.55 Å². The molecule has 1 atom stereocenters. The number of hydrogen-bond donors (Lipinski definition) is 0. The standard InChI is InChI=1S/C28H26N4O2S/c1-19-14-15-20(2)25(18-19)32-27(34)23-12-7-8-13-24(23)30-28(32)35-21(3)26(33)31(17-9-16-29)22-10-5-4-6-11-22/h4-8,10-15,18,21H,9,17H2,1-3H3. The maximum Gasteiger partial charge on any atom is 0.266 e. The molecular formula is C28H26N4O2S. The monoisotopic (exact) mass is 482 g/mol. The van der Waals surface area contributed by atoms with E-state index in [1.165, 1.54) is 11.8 Å². The van der Waals surface area contributed by atoms with Gasteiger partial charge in [0.15, 0.2) is 5.16 Å². The van der Waals surface area contributed by atoms with Crippen LogP contribution in [0, 0.1) is 25.2 Å². The number of benzene rings is 3. The molecule has 4 rings (SSSR count). The smallest absolute Gasteiger partial charge is 0.266 e. The zero-order valence-corrected chi connectivity index (χ0v) is 20.7. The molecule has 0 radical (unpaired) electrons. The maximum absolute atomic E-state index is 13.6. The number of anilines is 1. The van der Waals surface area contributed by atoms with Gasteiger partial charge in [0.05, 0.1) is 34.3 Å². The number of hydrogen-bond acceptors (Lipinski definition) is 5. The highest BCUT2D eigenvalue weighted by molar-refractivity contribution is 8.00. The van der Waals surface area contributed by atoms with Crippen molar-refractivity contribution >= 4 is 34.3 Å². The number of amides is 1. The zero-order chi connectivity index (χ0) is 24.9. The molecule has 1 aromatic heterocycles. The molecule has 35 heavy (non-hydrogen) atoms. The Kier molecular flexibility index (Phi) is 7.33. The van der Waals surface area contributed by atoms with Gasteiger partial charge in [-0.25, -0.2) is 4.98 Å². The lowest BCUT2D eigenvalue weighted by Gasteiger charge is -2.25. The molecule has 0 fully saturated rings. The van der Waals surface area contributed by atoms with Gasteiger partial charge in [0.25, 0.3) is 5.56 Å². The van der Waals surface area contributed by atoms with Crippen LogP contribution in [0.15, 0.2) is 82.7 Å². The fourth-order valence-corrected chi connectivity index (χ4v) is 4.91. The number of carbonyl (C=O) groups is 1. The lowest BCUT2D eigenvalue weighted by Crippen LogP contribution is -2.37. The minimum atomic E-state index is -0.543. The van der Waals surface area contributed by atoms with Crippen LogP contribution in [0.3, 0.4) is 0 Å². The van der Waals surface area contributed by atoms with E-state index in [1.54, 1.807) is 15.5 Å². The van der Waals surface area contributed by atoms with E-state index in [2.05, 4.69) is 6.07 Å². The van der Waals surface area contributed by atoms with Crippen LogP contribution < -0.4 is 10.5 Å². The molecule has 0 aliphatic carbocycles. The van der Waals surface area contributed by atoms with Gasteiger partial charge >= 0.3 is 0 Å². The third-order valence-electron chi connectivity index (χ3n) is 5.76. The van der Waals surface area contributed by atoms with Crippen LogP contribution in [0.5, 0.6) is 0 Å². The number of fused-ring (bicyclic) bond motifs is 1. The summed E-state index contributed by atoms with van der Waals surface area (Å²) in [5, 5.41) is 9.55. The predicted molar refractivity (Wildman–Crippen MR) is 141 cm³/mol. The summed E-state index contributed by atoms with van der Waals surface area (Å²) >= 11 is 1.25. The molecule has 3 aromatic carbocycles. The average molecular weight is 483 g/mol. The van der Waals surface area contributed by atoms with Crippen molar-refractivity contribution in [2.75, 3.05) is 11.4 Å². The fourth-order valence-electron chi connectivity index (χ4n) is 3.93. The molecule has 7 heteroatoms. The first-order valence-corrected chi connectivity index (χ1v) is 12.3. The van der Waals surface area contributed by atoms with Crippen LogP contribution >= 0.6 is 11.8 Å². The number of nitriles is 1. The average Bonchev–Trinajstić information content (AvgIpc) is 2.87. The Morgan fingerprint density at radius 1 is 1.09 bits per heavy atom. The van der Waals surface area contributed by atoms with E-state index in [4.69, 9.17) is 10.2 Å². The van der Waals surface area contributed by atoms with Crippen molar-refractivity contribution in [3.8, 4) is 11.8 Å². The van der Waals surface area contributed by atoms with E-state index in [0.717, 1.165) is 22.5 Å². The molecule has 176 valence electrons. The Bertz CT molecular complexity index is 1470. The second-order valence-corrected chi connectivity index (χ2v) is 9.64. The van der Waals surface area contributed by atoms with Gasteiger partial charge in [0, 0.05) is 12.2 Å². The fraction of sp³-hybridized carbons (Fsp3) is 0.214. The van der Waals surface area contributed by atoms with E-state index in [9.17, 15) is 9.59 Å². The molecule has 1 unspecified atom stereocenters. The Morgan fingerprint density at radius 2 is 1.80 bits per heavy atom. The van der Waals surface area contributed by atoms with Gasteiger partial charge < -0.3 is 4.90 Å². The highest BCUT2D eigenvalue weighted by atomic mass is 32.2. The van der Waals surface area contributed by atoms with Crippen LogP contribution in [0.2, 0.25) is 0 Å². The molecule has 0 spiro atoms. The van der Waals surface area contributed by atoms with Gasteiger partial charge in [-0.1, -0.05) is 54.2 Å². The Hall–Kier alpha value is -3.89. The summed E-state index contributed by atoms with van der Waals surface area (Å²) in [4.78, 5) is 33.6. The molecule has 6 nitrogen and oxygen atoms in total. The first kappa shape index (κ1) is 24.2. The van der Waals surface area contributed by atoms with Crippen molar-refractivity contribution in [1.29, 1.82) is 5.26 Å². The van der Waals surface area contributed by atoms with Crippen LogP contribution in [-0.2, 0) is 4.79 Å². The second kappa shape index (κ2) is 10.6. The van der Waals surface area contributed by atoms with Gasteiger partial charge in [-0.2, -0.15) is 5.26 Å². The van der Waals surface area contributed by atoms with E-state index < -0.39 is 5.25 Å². The van der Waals surface area contributed by atoms with Crippen molar-refractivity contribution in [3.63, 3.8) is 0 Å². The summed E-state index contributed by atoms with van der Waals surface area (Å²) in [6.45, 7) is 6.04. The van der Waals surface area contributed by atoms with E-state index in [1.807, 2.05) is 87.5 Å². The summed E-state index contributed by atoms with van der Waals surface area (Å²) in [5.74, 6) is -0.147. The normalized spacial score (nSPS) is 11.7. The topological polar surface area (TPSA) is 79.0 Å². The van der Waals surface area contributed by atoms with Crippen molar-refractivity contribution in [3.05, 3.63) is 94.3 Å². The number of aryl methyl sites for hydroxylation is 2.